The average molecular weight is 474 g/mol. The van der Waals surface area contributed by atoms with Gasteiger partial charge in [-0.1, -0.05) is 39.8 Å². The van der Waals surface area contributed by atoms with Crippen LogP contribution in [0.1, 0.15) is 51.2 Å². The standard InChI is InChI=1S/C25H31NO8/c1-10-11-6-5-7-13(27)16(11)20(30)18-15(10)19(29)12-8-14(28)17(21(31)25(12,34)22(18)32)23(33)26-9-24(2,3)4/h5-7,10,12,14-15,17,19,27-30,34H,8-9H2,1-4H3,(H,26,33)/t10-,12+,14?,15+,17?,19+,25+/m0/s1. The van der Waals surface area contributed by atoms with Gasteiger partial charge in [0.15, 0.2) is 11.4 Å². The van der Waals surface area contributed by atoms with Crippen LogP contribution in [0.2, 0.25) is 0 Å². The molecule has 2 fully saturated rings. The first kappa shape index (κ1) is 24.4. The van der Waals surface area contributed by atoms with Crippen LogP contribution in [-0.4, -0.2) is 67.4 Å². The van der Waals surface area contributed by atoms with Crippen molar-refractivity contribution in [2.75, 3.05) is 6.54 Å². The van der Waals surface area contributed by atoms with Crippen molar-refractivity contribution in [1.82, 2.24) is 5.32 Å². The third-order valence-corrected chi connectivity index (χ3v) is 7.45. The minimum Gasteiger partial charge on any atom is -0.507 e. The largest absolute Gasteiger partial charge is 0.507 e. The fraction of sp³-hybridized carbons (Fsp3) is 0.560. The van der Waals surface area contributed by atoms with Crippen LogP contribution in [0.15, 0.2) is 23.8 Å². The van der Waals surface area contributed by atoms with Crippen molar-refractivity contribution >= 4 is 23.2 Å². The molecule has 7 atom stereocenters. The molecule has 184 valence electrons. The maximum Gasteiger partial charge on any atom is 0.233 e. The highest BCUT2D eigenvalue weighted by atomic mass is 16.3. The number of hydrogen-bond donors (Lipinski definition) is 6. The Morgan fingerprint density at radius 2 is 1.82 bits per heavy atom. The van der Waals surface area contributed by atoms with Crippen LogP contribution in [-0.2, 0) is 14.4 Å². The summed E-state index contributed by atoms with van der Waals surface area (Å²) in [6.07, 6.45) is -3.33. The summed E-state index contributed by atoms with van der Waals surface area (Å²) in [6, 6.07) is 4.56. The summed E-state index contributed by atoms with van der Waals surface area (Å²) in [7, 11) is 0. The number of Topliss-reactive ketones (excluding diaryl/α,β-unsaturated/α-hetero) is 2. The smallest absolute Gasteiger partial charge is 0.233 e. The molecule has 34 heavy (non-hydrogen) atoms. The summed E-state index contributed by atoms with van der Waals surface area (Å²) >= 11 is 0. The van der Waals surface area contributed by atoms with E-state index in [9.17, 15) is 39.9 Å². The fourth-order valence-electron chi connectivity index (χ4n) is 5.70. The van der Waals surface area contributed by atoms with Gasteiger partial charge in [-0.05, 0) is 29.4 Å². The van der Waals surface area contributed by atoms with Crippen molar-refractivity contribution in [1.29, 1.82) is 0 Å². The summed E-state index contributed by atoms with van der Waals surface area (Å²) < 4.78 is 0. The zero-order valence-electron chi connectivity index (χ0n) is 19.6. The molecule has 0 spiro atoms. The number of phenolic OH excluding ortho intramolecular Hbond substituents is 1. The highest BCUT2D eigenvalue weighted by Gasteiger charge is 2.67. The molecule has 1 amide bonds. The Bertz CT molecular complexity index is 1100. The van der Waals surface area contributed by atoms with E-state index in [0.29, 0.717) is 5.56 Å². The Labute approximate surface area is 197 Å². The molecule has 0 saturated heterocycles. The first-order valence-corrected chi connectivity index (χ1v) is 11.4. The Balaban J connectivity index is 1.80. The van der Waals surface area contributed by atoms with Gasteiger partial charge < -0.3 is 30.8 Å². The lowest BCUT2D eigenvalue weighted by Crippen LogP contribution is -2.70. The fourth-order valence-corrected chi connectivity index (χ4v) is 5.70. The summed E-state index contributed by atoms with van der Waals surface area (Å²) in [5, 5.41) is 57.3. The van der Waals surface area contributed by atoms with Gasteiger partial charge in [-0.3, -0.25) is 14.4 Å². The number of phenols is 1. The van der Waals surface area contributed by atoms with Gasteiger partial charge in [0.25, 0.3) is 0 Å². The van der Waals surface area contributed by atoms with Gasteiger partial charge >= 0.3 is 0 Å². The van der Waals surface area contributed by atoms with Gasteiger partial charge in [0, 0.05) is 24.0 Å². The summed E-state index contributed by atoms with van der Waals surface area (Å²) in [5.41, 5.74) is -2.96. The predicted octanol–water partition coefficient (Wildman–Crippen LogP) is 0.798. The highest BCUT2D eigenvalue weighted by Crippen LogP contribution is 2.55. The Hall–Kier alpha value is -2.75. The van der Waals surface area contributed by atoms with Crippen molar-refractivity contribution in [3.05, 3.63) is 34.9 Å². The maximum absolute atomic E-state index is 13.6. The van der Waals surface area contributed by atoms with Crippen LogP contribution < -0.4 is 5.32 Å². The number of fused-ring (bicyclic) bond motifs is 3. The van der Waals surface area contributed by atoms with Gasteiger partial charge in [-0.2, -0.15) is 0 Å². The second-order valence-corrected chi connectivity index (χ2v) is 10.9. The number of amides is 1. The highest BCUT2D eigenvalue weighted by molar-refractivity contribution is 6.25. The van der Waals surface area contributed by atoms with Crippen LogP contribution in [0.4, 0.5) is 0 Å². The number of carbonyl (C=O) groups is 3. The molecule has 0 aliphatic heterocycles. The SMILES string of the molecule is C[C@H]1c2cccc(O)c2C(O)=C2C(=O)[C@]3(O)C(=O)C(C(=O)NCC(C)(C)C)C(O)C[C@@H]3[C@@H](O)[C@@H]21. The number of rotatable bonds is 2. The van der Waals surface area contributed by atoms with Gasteiger partial charge in [0.2, 0.25) is 11.7 Å². The molecule has 0 aromatic heterocycles. The van der Waals surface area contributed by atoms with Crippen LogP contribution in [0.3, 0.4) is 0 Å². The van der Waals surface area contributed by atoms with E-state index in [1.54, 1.807) is 19.1 Å². The van der Waals surface area contributed by atoms with E-state index in [1.165, 1.54) is 6.07 Å². The van der Waals surface area contributed by atoms with E-state index in [2.05, 4.69) is 5.32 Å². The monoisotopic (exact) mass is 473 g/mol. The average Bonchev–Trinajstić information content (AvgIpc) is 2.74. The van der Waals surface area contributed by atoms with Crippen molar-refractivity contribution in [3.63, 3.8) is 0 Å². The molecule has 1 aromatic rings. The van der Waals surface area contributed by atoms with E-state index in [4.69, 9.17) is 0 Å². The maximum atomic E-state index is 13.6. The number of aliphatic hydroxyl groups excluding tert-OH is 3. The van der Waals surface area contributed by atoms with Gasteiger partial charge in [-0.25, -0.2) is 0 Å². The normalized spacial score (nSPS) is 35.4. The lowest BCUT2D eigenvalue weighted by atomic mass is 9.53. The molecule has 6 N–H and O–H groups in total. The number of benzene rings is 1. The first-order chi connectivity index (χ1) is 15.7. The van der Waals surface area contributed by atoms with Crippen molar-refractivity contribution in [2.24, 2.45) is 23.2 Å². The Kier molecular flexibility index (Phi) is 5.66. The number of nitrogens with one attached hydrogen (secondary N) is 1. The minimum atomic E-state index is -2.80. The quantitative estimate of drug-likeness (QED) is 0.343. The Morgan fingerprint density at radius 3 is 2.44 bits per heavy atom. The number of ketones is 2. The third kappa shape index (κ3) is 3.37. The zero-order chi connectivity index (χ0) is 25.3. The second-order valence-electron chi connectivity index (χ2n) is 10.9. The van der Waals surface area contributed by atoms with Gasteiger partial charge in [0.1, 0.15) is 17.4 Å². The molecule has 0 heterocycles. The molecule has 1 aromatic carbocycles. The summed E-state index contributed by atoms with van der Waals surface area (Å²) in [4.78, 5) is 39.9. The second kappa shape index (κ2) is 7.90. The van der Waals surface area contributed by atoms with E-state index in [1.807, 2.05) is 20.8 Å². The third-order valence-electron chi connectivity index (χ3n) is 7.45. The van der Waals surface area contributed by atoms with Crippen LogP contribution in [0.5, 0.6) is 5.75 Å². The first-order valence-electron chi connectivity index (χ1n) is 11.4. The molecule has 2 saturated carbocycles. The number of hydrogen-bond acceptors (Lipinski definition) is 8. The van der Waals surface area contributed by atoms with Crippen LogP contribution >= 0.6 is 0 Å². The predicted molar refractivity (Wildman–Crippen MR) is 121 cm³/mol. The zero-order valence-corrected chi connectivity index (χ0v) is 19.6. The molecule has 0 bridgehead atoms. The number of aliphatic hydroxyl groups is 4. The van der Waals surface area contributed by atoms with Crippen LogP contribution in [0.25, 0.3) is 5.76 Å². The Morgan fingerprint density at radius 1 is 1.18 bits per heavy atom. The van der Waals surface area contributed by atoms with Gasteiger partial charge in [0.05, 0.1) is 17.8 Å². The van der Waals surface area contributed by atoms with E-state index in [-0.39, 0.29) is 35.3 Å². The van der Waals surface area contributed by atoms with Crippen LogP contribution in [0, 0.1) is 23.2 Å². The van der Waals surface area contributed by atoms with E-state index in [0.717, 1.165) is 0 Å². The van der Waals surface area contributed by atoms with Gasteiger partial charge in [-0.15, -0.1) is 0 Å². The molecule has 9 heteroatoms. The lowest BCUT2D eigenvalue weighted by molar-refractivity contribution is -0.186. The minimum absolute atomic E-state index is 0.00612. The molecular weight excluding hydrogens is 442 g/mol. The molecule has 3 aliphatic carbocycles. The lowest BCUT2D eigenvalue weighted by Gasteiger charge is -2.52. The molecular formula is C25H31NO8. The molecule has 2 unspecified atom stereocenters. The van der Waals surface area contributed by atoms with Crippen molar-refractivity contribution < 1.29 is 39.9 Å². The summed E-state index contributed by atoms with van der Waals surface area (Å²) in [6.45, 7) is 7.50. The molecule has 3 aliphatic rings. The van der Waals surface area contributed by atoms with E-state index >= 15 is 0 Å². The molecule has 0 radical (unpaired) electrons. The van der Waals surface area contributed by atoms with Crippen molar-refractivity contribution in [3.8, 4) is 5.75 Å². The molecule has 4 rings (SSSR count). The van der Waals surface area contributed by atoms with Crippen molar-refractivity contribution in [2.45, 2.75) is 57.8 Å². The topological polar surface area (TPSA) is 164 Å². The summed E-state index contributed by atoms with van der Waals surface area (Å²) in [5.74, 6) is -8.62. The number of carbonyl (C=O) groups excluding carboxylic acids is 3. The number of aromatic hydroxyl groups is 1. The van der Waals surface area contributed by atoms with E-state index < -0.39 is 64.7 Å². The molecule has 9 nitrogen and oxygen atoms in total.